The highest BCUT2D eigenvalue weighted by atomic mass is 16.6. The molecule has 0 aliphatic heterocycles. The molecule has 0 radical (unpaired) electrons. The number of carbonyl (C=O) groups is 1. The summed E-state index contributed by atoms with van der Waals surface area (Å²) in [5, 5.41) is 24.4. The third-order valence-corrected chi connectivity index (χ3v) is 4.94. The van der Waals surface area contributed by atoms with Crippen LogP contribution in [0.25, 0.3) is 22.4 Å². The molecule has 0 aliphatic carbocycles. The number of non-ortho nitro benzene ring substituents is 1. The van der Waals surface area contributed by atoms with E-state index < -0.39 is 10.9 Å². The van der Waals surface area contributed by atoms with Gasteiger partial charge < -0.3 is 4.74 Å². The average Bonchev–Trinajstić information content (AvgIpc) is 3.28. The first kappa shape index (κ1) is 21.5. The number of benzene rings is 3. The third kappa shape index (κ3) is 4.94. The van der Waals surface area contributed by atoms with E-state index >= 15 is 0 Å². The molecule has 3 aromatic carbocycles. The lowest BCUT2D eigenvalue weighted by atomic mass is 10.1. The van der Waals surface area contributed by atoms with E-state index in [9.17, 15) is 14.9 Å². The minimum Gasteiger partial charge on any atom is -0.423 e. The maximum atomic E-state index is 13.0. The Kier molecular flexibility index (Phi) is 6.23. The van der Waals surface area contributed by atoms with Crippen molar-refractivity contribution in [1.29, 1.82) is 5.26 Å². The number of aromatic nitrogens is 2. The zero-order valence-electron chi connectivity index (χ0n) is 17.4. The molecule has 4 aromatic rings. The van der Waals surface area contributed by atoms with Crippen molar-refractivity contribution in [2.24, 2.45) is 0 Å². The Morgan fingerprint density at radius 3 is 2.39 bits per heavy atom. The van der Waals surface area contributed by atoms with Crippen molar-refractivity contribution in [2.45, 2.75) is 13.0 Å². The lowest BCUT2D eigenvalue weighted by Crippen LogP contribution is -2.09. The summed E-state index contributed by atoms with van der Waals surface area (Å²) < 4.78 is 7.02. The molecule has 1 aromatic heterocycles. The van der Waals surface area contributed by atoms with Crippen LogP contribution in [0.5, 0.6) is 5.75 Å². The second-order valence-corrected chi connectivity index (χ2v) is 7.15. The first-order chi connectivity index (χ1) is 16.0. The van der Waals surface area contributed by atoms with Crippen molar-refractivity contribution in [2.75, 3.05) is 0 Å². The number of nitrogens with zero attached hydrogens (tertiary/aromatic N) is 4. The molecule has 33 heavy (non-hydrogen) atoms. The fourth-order valence-electron chi connectivity index (χ4n) is 3.34. The summed E-state index contributed by atoms with van der Waals surface area (Å²) in [6.07, 6.45) is 1.69. The first-order valence-electron chi connectivity index (χ1n) is 10.1. The Morgan fingerprint density at radius 1 is 1.00 bits per heavy atom. The van der Waals surface area contributed by atoms with Crippen LogP contribution in [-0.2, 0) is 6.54 Å². The Labute approximate surface area is 189 Å². The molecular weight excluding hydrogens is 420 g/mol. The minimum absolute atomic E-state index is 0.116. The van der Waals surface area contributed by atoms with E-state index in [1.54, 1.807) is 18.2 Å². The molecule has 0 aliphatic rings. The summed E-state index contributed by atoms with van der Waals surface area (Å²) in [7, 11) is 0. The van der Waals surface area contributed by atoms with Gasteiger partial charge in [0, 0.05) is 23.9 Å². The number of hydrogen-bond donors (Lipinski definition) is 0. The van der Waals surface area contributed by atoms with Crippen LogP contribution in [0.1, 0.15) is 16.8 Å². The number of nitro groups is 1. The Balaban J connectivity index is 1.62. The Morgan fingerprint density at radius 2 is 1.70 bits per heavy atom. The quantitative estimate of drug-likeness (QED) is 0.168. The molecule has 0 amide bonds. The van der Waals surface area contributed by atoms with Crippen molar-refractivity contribution in [3.05, 3.63) is 101 Å². The number of esters is 1. The summed E-state index contributed by atoms with van der Waals surface area (Å²) >= 11 is 0. The Bertz CT molecular complexity index is 1340. The highest BCUT2D eigenvalue weighted by Crippen LogP contribution is 2.28. The van der Waals surface area contributed by atoms with Gasteiger partial charge in [-0.1, -0.05) is 54.6 Å². The van der Waals surface area contributed by atoms with Crippen molar-refractivity contribution in [3.8, 4) is 34.2 Å². The van der Waals surface area contributed by atoms with Gasteiger partial charge in [-0.15, -0.1) is 0 Å². The molecule has 0 fully saturated rings. The van der Waals surface area contributed by atoms with Crippen LogP contribution in [0.15, 0.2) is 85.1 Å². The monoisotopic (exact) mass is 438 g/mol. The number of ether oxygens (including phenoxy) is 1. The van der Waals surface area contributed by atoms with Gasteiger partial charge in [-0.2, -0.15) is 10.4 Å². The van der Waals surface area contributed by atoms with Gasteiger partial charge in [0.1, 0.15) is 17.0 Å². The molecule has 8 heteroatoms. The number of carbonyl (C=O) groups excluding carboxylic acids is 1. The summed E-state index contributed by atoms with van der Waals surface area (Å²) in [6.45, 7) is 0.275. The van der Waals surface area contributed by atoms with Crippen molar-refractivity contribution >= 4 is 11.7 Å². The predicted octanol–water partition coefficient (Wildman–Crippen LogP) is 5.26. The van der Waals surface area contributed by atoms with Crippen molar-refractivity contribution in [3.63, 3.8) is 0 Å². The molecule has 0 atom stereocenters. The van der Waals surface area contributed by atoms with Crippen LogP contribution in [0.2, 0.25) is 0 Å². The van der Waals surface area contributed by atoms with Gasteiger partial charge in [0.15, 0.2) is 0 Å². The van der Waals surface area contributed by atoms with Gasteiger partial charge in [0.2, 0.25) is 0 Å². The topological polar surface area (TPSA) is 111 Å². The first-order valence-corrected chi connectivity index (χ1v) is 10.1. The number of nitro benzene ring substituents is 1. The SMILES string of the molecule is N#CCCn1cc(C(=O)Oc2ccc(-c3ccccc3)cc2)c(-c2cccc([N+](=O)[O-])c2)n1. The molecule has 0 spiro atoms. The number of rotatable bonds is 7. The van der Waals surface area contributed by atoms with Crippen molar-refractivity contribution < 1.29 is 14.5 Å². The van der Waals surface area contributed by atoms with E-state index in [0.717, 1.165) is 11.1 Å². The summed E-state index contributed by atoms with van der Waals surface area (Å²) in [5.41, 5.74) is 2.73. The summed E-state index contributed by atoms with van der Waals surface area (Å²) in [5.74, 6) is -0.290. The smallest absolute Gasteiger partial charge is 0.347 e. The van der Waals surface area contributed by atoms with Gasteiger partial charge in [0.25, 0.3) is 5.69 Å². The van der Waals surface area contributed by atoms with Gasteiger partial charge in [-0.25, -0.2) is 4.79 Å². The van der Waals surface area contributed by atoms with Gasteiger partial charge >= 0.3 is 5.97 Å². The highest BCUT2D eigenvalue weighted by molar-refractivity contribution is 5.97. The minimum atomic E-state index is -0.646. The lowest BCUT2D eigenvalue weighted by Gasteiger charge is -2.06. The van der Waals surface area contributed by atoms with Crippen molar-refractivity contribution in [1.82, 2.24) is 9.78 Å². The molecule has 0 saturated carbocycles. The maximum Gasteiger partial charge on any atom is 0.347 e. The van der Waals surface area contributed by atoms with E-state index in [4.69, 9.17) is 10.00 Å². The number of nitriles is 1. The second-order valence-electron chi connectivity index (χ2n) is 7.15. The lowest BCUT2D eigenvalue weighted by molar-refractivity contribution is -0.384. The molecule has 0 unspecified atom stereocenters. The molecule has 8 nitrogen and oxygen atoms in total. The van der Waals surface area contributed by atoms with Crippen LogP contribution in [0.4, 0.5) is 5.69 Å². The number of hydrogen-bond acceptors (Lipinski definition) is 6. The largest absolute Gasteiger partial charge is 0.423 e. The molecule has 0 N–H and O–H groups in total. The average molecular weight is 438 g/mol. The highest BCUT2D eigenvalue weighted by Gasteiger charge is 2.21. The normalized spacial score (nSPS) is 10.4. The summed E-state index contributed by atoms with van der Waals surface area (Å²) in [4.78, 5) is 23.7. The second kappa shape index (κ2) is 9.58. The van der Waals surface area contributed by atoms with Crippen LogP contribution in [0.3, 0.4) is 0 Å². The van der Waals surface area contributed by atoms with E-state index in [1.807, 2.05) is 48.5 Å². The van der Waals surface area contributed by atoms with E-state index in [0.29, 0.717) is 11.3 Å². The van der Waals surface area contributed by atoms with E-state index in [2.05, 4.69) is 5.10 Å². The predicted molar refractivity (Wildman–Crippen MR) is 121 cm³/mol. The van der Waals surface area contributed by atoms with Gasteiger partial charge in [0.05, 0.1) is 24.0 Å². The molecule has 0 saturated heterocycles. The van der Waals surface area contributed by atoms with Crippen LogP contribution in [-0.4, -0.2) is 20.7 Å². The van der Waals surface area contributed by atoms with Crippen LogP contribution >= 0.6 is 0 Å². The zero-order valence-corrected chi connectivity index (χ0v) is 17.4. The van der Waals surface area contributed by atoms with Crippen LogP contribution < -0.4 is 4.74 Å². The molecule has 4 rings (SSSR count). The van der Waals surface area contributed by atoms with Gasteiger partial charge in [-0.05, 0) is 23.3 Å². The standard InChI is InChI=1S/C25H18N4O4/c26-14-5-15-28-17-23(24(27-28)20-8-4-9-21(16-20)29(31)32)25(30)33-22-12-10-19(11-13-22)18-6-2-1-3-7-18/h1-4,6-13,16-17H,5,15H2. The maximum absolute atomic E-state index is 13.0. The molecule has 1 heterocycles. The fourth-order valence-corrected chi connectivity index (χ4v) is 3.34. The van der Waals surface area contributed by atoms with E-state index in [1.165, 1.54) is 29.1 Å². The fraction of sp³-hybridized carbons (Fsp3) is 0.0800. The van der Waals surface area contributed by atoms with E-state index in [-0.39, 0.29) is 29.9 Å². The number of aryl methyl sites for hydroxylation is 1. The third-order valence-electron chi connectivity index (χ3n) is 4.94. The van der Waals surface area contributed by atoms with Crippen LogP contribution in [0, 0.1) is 21.4 Å². The molecule has 0 bridgehead atoms. The molecular formula is C25H18N4O4. The Hall–Kier alpha value is -4.77. The zero-order chi connectivity index (χ0) is 23.2. The van der Waals surface area contributed by atoms with Gasteiger partial charge in [-0.3, -0.25) is 14.8 Å². The summed E-state index contributed by atoms with van der Waals surface area (Å²) in [6, 6.07) is 24.8. The molecule has 162 valence electrons.